The first-order valence-electron chi connectivity index (χ1n) is 15.6. The van der Waals surface area contributed by atoms with Crippen molar-refractivity contribution in [1.29, 1.82) is 5.26 Å². The highest BCUT2D eigenvalue weighted by atomic mass is 16.2. The summed E-state index contributed by atoms with van der Waals surface area (Å²) in [5.74, 6) is -1.59. The third-order valence-electron chi connectivity index (χ3n) is 8.96. The molecule has 1 fully saturated rings. The zero-order valence-corrected chi connectivity index (χ0v) is 25.8. The summed E-state index contributed by atoms with van der Waals surface area (Å²) in [4.78, 5) is 64.2. The van der Waals surface area contributed by atoms with Gasteiger partial charge in [0.05, 0.1) is 11.1 Å². The van der Waals surface area contributed by atoms with Gasteiger partial charge in [0, 0.05) is 53.5 Å². The molecule has 5 amide bonds. The number of nitrogens with one attached hydrogen (secondary N) is 3. The topological polar surface area (TPSA) is 153 Å². The molecule has 0 aliphatic carbocycles. The number of benzene rings is 4. The van der Waals surface area contributed by atoms with Crippen LogP contribution in [0.15, 0.2) is 84.9 Å². The van der Waals surface area contributed by atoms with Crippen molar-refractivity contribution in [3.8, 4) is 6.07 Å². The molecule has 1 unspecified atom stereocenters. The van der Waals surface area contributed by atoms with Crippen LogP contribution in [-0.4, -0.2) is 45.0 Å². The number of fused-ring (bicyclic) bond motifs is 4. The van der Waals surface area contributed by atoms with Gasteiger partial charge in [-0.1, -0.05) is 54.6 Å². The second kappa shape index (κ2) is 12.5. The minimum absolute atomic E-state index is 0.0681. The van der Waals surface area contributed by atoms with Crippen LogP contribution in [0.25, 0.3) is 21.8 Å². The van der Waals surface area contributed by atoms with Gasteiger partial charge in [-0.05, 0) is 53.4 Å². The van der Waals surface area contributed by atoms with Crippen molar-refractivity contribution in [3.05, 3.63) is 118 Å². The van der Waals surface area contributed by atoms with E-state index >= 15 is 0 Å². The molecule has 3 N–H and O–H groups in total. The average Bonchev–Trinajstić information content (AvgIpc) is 3.60. The van der Waals surface area contributed by atoms with Crippen LogP contribution in [0, 0.1) is 11.3 Å². The number of carbonyl (C=O) groups is 5. The van der Waals surface area contributed by atoms with Crippen LogP contribution in [0.2, 0.25) is 0 Å². The highest BCUT2D eigenvalue weighted by molar-refractivity contribution is 6.10. The molecule has 4 aromatic carbocycles. The Morgan fingerprint density at radius 1 is 0.875 bits per heavy atom. The van der Waals surface area contributed by atoms with E-state index in [-0.39, 0.29) is 56.1 Å². The molecule has 0 bridgehead atoms. The summed E-state index contributed by atoms with van der Waals surface area (Å²) >= 11 is 0. The third-order valence-corrected chi connectivity index (χ3v) is 8.96. The Balaban J connectivity index is 0.941. The monoisotopic (exact) mass is 638 g/mol. The van der Waals surface area contributed by atoms with Crippen LogP contribution in [0.5, 0.6) is 0 Å². The predicted molar refractivity (Wildman–Crippen MR) is 176 cm³/mol. The Hall–Kier alpha value is -6.28. The van der Waals surface area contributed by atoms with Gasteiger partial charge in [0.15, 0.2) is 0 Å². The van der Waals surface area contributed by atoms with Gasteiger partial charge in [-0.2, -0.15) is 5.26 Å². The van der Waals surface area contributed by atoms with E-state index in [1.165, 1.54) is 4.90 Å². The van der Waals surface area contributed by atoms with E-state index in [1.54, 1.807) is 24.3 Å². The summed E-state index contributed by atoms with van der Waals surface area (Å²) in [6.45, 7) is 0.855. The predicted octanol–water partition coefficient (Wildman–Crippen LogP) is 3.67. The van der Waals surface area contributed by atoms with Crippen molar-refractivity contribution < 1.29 is 24.0 Å². The van der Waals surface area contributed by atoms with Gasteiger partial charge in [0.25, 0.3) is 11.8 Å². The number of hydrogen-bond acceptors (Lipinski definition) is 6. The van der Waals surface area contributed by atoms with Gasteiger partial charge in [0.1, 0.15) is 18.7 Å². The van der Waals surface area contributed by atoms with Crippen LogP contribution >= 0.6 is 0 Å². The lowest BCUT2D eigenvalue weighted by molar-refractivity contribution is -0.137. The molecule has 0 radical (unpaired) electrons. The Bertz CT molecular complexity index is 2200. The van der Waals surface area contributed by atoms with E-state index in [0.717, 1.165) is 32.9 Å². The Morgan fingerprint density at radius 2 is 1.60 bits per heavy atom. The second-order valence-corrected chi connectivity index (χ2v) is 12.0. The molecule has 3 heterocycles. The van der Waals surface area contributed by atoms with Crippen molar-refractivity contribution in [2.75, 3.05) is 0 Å². The van der Waals surface area contributed by atoms with E-state index in [1.807, 2.05) is 65.2 Å². The van der Waals surface area contributed by atoms with Crippen LogP contribution in [0.4, 0.5) is 0 Å². The first-order chi connectivity index (χ1) is 23.3. The van der Waals surface area contributed by atoms with Gasteiger partial charge in [-0.3, -0.25) is 29.3 Å². The Labute approximate surface area is 275 Å². The van der Waals surface area contributed by atoms with E-state index in [4.69, 9.17) is 0 Å². The number of carbonyl (C=O) groups excluding carboxylic acids is 5. The zero-order chi connectivity index (χ0) is 33.4. The maximum Gasteiger partial charge on any atom is 0.255 e. The first kappa shape index (κ1) is 30.4. The van der Waals surface area contributed by atoms with Crippen molar-refractivity contribution in [2.45, 2.75) is 45.1 Å². The standard InChI is InChI=1S/C37H30N6O5/c38-17-25-4-3-6-29-28-5-1-2-7-30(28)42(34(25)29)21-33(45)39-18-22-8-10-23(11-9-22)19-40-35(46)24-12-13-27-26(16-24)20-43(37(27)48)31-14-15-32(44)41-36(31)47/h1-13,16,31H,14-15,18-21H2,(H,39,45)(H,40,46)(H,41,44,47). The molecule has 238 valence electrons. The largest absolute Gasteiger partial charge is 0.350 e. The van der Waals surface area contributed by atoms with Gasteiger partial charge < -0.3 is 20.1 Å². The van der Waals surface area contributed by atoms with E-state index in [2.05, 4.69) is 22.0 Å². The summed E-state index contributed by atoms with van der Waals surface area (Å²) in [5, 5.41) is 19.8. The third kappa shape index (κ3) is 5.64. The van der Waals surface area contributed by atoms with E-state index < -0.39 is 11.9 Å². The molecule has 5 aromatic rings. The number of rotatable bonds is 8. The van der Waals surface area contributed by atoms with Crippen molar-refractivity contribution in [1.82, 2.24) is 25.4 Å². The van der Waals surface area contributed by atoms with E-state index in [9.17, 15) is 29.2 Å². The molecule has 2 aliphatic rings. The lowest BCUT2D eigenvalue weighted by Crippen LogP contribution is -2.52. The fourth-order valence-electron chi connectivity index (χ4n) is 6.54. The maximum atomic E-state index is 13.0. The normalized spacial score (nSPS) is 15.7. The smallest absolute Gasteiger partial charge is 0.255 e. The number of para-hydroxylation sites is 2. The molecule has 2 aliphatic heterocycles. The van der Waals surface area contributed by atoms with E-state index in [0.29, 0.717) is 28.8 Å². The number of nitriles is 1. The summed E-state index contributed by atoms with van der Waals surface area (Å²) < 4.78 is 1.89. The van der Waals surface area contributed by atoms with Gasteiger partial charge in [0.2, 0.25) is 17.7 Å². The lowest BCUT2D eigenvalue weighted by atomic mass is 10.0. The minimum atomic E-state index is -0.714. The fraction of sp³-hybridized carbons (Fsp3) is 0.189. The van der Waals surface area contributed by atoms with Crippen molar-refractivity contribution in [3.63, 3.8) is 0 Å². The quantitative estimate of drug-likeness (QED) is 0.221. The molecule has 1 saturated heterocycles. The molecule has 11 heteroatoms. The Morgan fingerprint density at radius 3 is 2.35 bits per heavy atom. The van der Waals surface area contributed by atoms with Crippen LogP contribution in [0.1, 0.15) is 55.8 Å². The lowest BCUT2D eigenvalue weighted by Gasteiger charge is -2.29. The number of aromatic nitrogens is 1. The zero-order valence-electron chi connectivity index (χ0n) is 25.8. The SMILES string of the molecule is N#Cc1cccc2c3ccccc3n(CC(=O)NCc3ccc(CNC(=O)c4ccc5c(c4)CN(C4CCC(=O)NC4=O)C5=O)cc3)c12. The molecule has 11 nitrogen and oxygen atoms in total. The fourth-order valence-corrected chi connectivity index (χ4v) is 6.54. The summed E-state index contributed by atoms with van der Waals surface area (Å²) in [6, 6.07) is 27.3. The van der Waals surface area contributed by atoms with Gasteiger partial charge in [-0.25, -0.2) is 0 Å². The molecule has 1 atom stereocenters. The molecule has 48 heavy (non-hydrogen) atoms. The summed E-state index contributed by atoms with van der Waals surface area (Å²) in [7, 11) is 0. The number of hydrogen-bond donors (Lipinski definition) is 3. The Kier molecular flexibility index (Phi) is 7.90. The number of nitrogens with zero attached hydrogens (tertiary/aromatic N) is 3. The summed E-state index contributed by atoms with van der Waals surface area (Å²) in [5.41, 5.74) is 5.41. The minimum Gasteiger partial charge on any atom is -0.350 e. The number of imide groups is 1. The number of amides is 5. The molecule has 7 rings (SSSR count). The molecule has 0 saturated carbocycles. The van der Waals surface area contributed by atoms with Crippen molar-refractivity contribution in [2.24, 2.45) is 0 Å². The highest BCUT2D eigenvalue weighted by Gasteiger charge is 2.39. The van der Waals surface area contributed by atoms with Gasteiger partial charge >= 0.3 is 0 Å². The second-order valence-electron chi connectivity index (χ2n) is 12.0. The molecule has 0 spiro atoms. The van der Waals surface area contributed by atoms with Crippen LogP contribution < -0.4 is 16.0 Å². The van der Waals surface area contributed by atoms with Crippen molar-refractivity contribution >= 4 is 51.3 Å². The molecular formula is C37H30N6O5. The van der Waals surface area contributed by atoms with Gasteiger partial charge in [-0.15, -0.1) is 0 Å². The number of piperidine rings is 1. The van der Waals surface area contributed by atoms with Crippen LogP contribution in [-0.2, 0) is 40.6 Å². The highest BCUT2D eigenvalue weighted by Crippen LogP contribution is 2.31. The van der Waals surface area contributed by atoms with Crippen LogP contribution in [0.3, 0.4) is 0 Å². The molecular weight excluding hydrogens is 608 g/mol. The summed E-state index contributed by atoms with van der Waals surface area (Å²) in [6.07, 6.45) is 0.448. The average molecular weight is 639 g/mol. The molecule has 1 aromatic heterocycles. The first-order valence-corrected chi connectivity index (χ1v) is 15.6. The maximum absolute atomic E-state index is 13.0.